The van der Waals surface area contributed by atoms with Gasteiger partial charge < -0.3 is 15.8 Å². The van der Waals surface area contributed by atoms with E-state index in [-0.39, 0.29) is 11.4 Å². The maximum Gasteiger partial charge on any atom is 0.463 e. The van der Waals surface area contributed by atoms with E-state index in [4.69, 9.17) is 10.5 Å². The molecule has 1 aromatic rings. The van der Waals surface area contributed by atoms with Crippen LogP contribution in [0.3, 0.4) is 0 Å². The molecule has 21 heavy (non-hydrogen) atoms. The number of amides is 2. The summed E-state index contributed by atoms with van der Waals surface area (Å²) in [7, 11) is 0. The molecule has 0 atom stereocenters. The summed E-state index contributed by atoms with van der Waals surface area (Å²) in [5.41, 5.74) is 4.45. The van der Waals surface area contributed by atoms with Crippen molar-refractivity contribution in [1.82, 2.24) is 0 Å². The molecule has 0 aliphatic heterocycles. The van der Waals surface area contributed by atoms with E-state index >= 15 is 0 Å². The van der Waals surface area contributed by atoms with Crippen LogP contribution >= 0.6 is 0 Å². The van der Waals surface area contributed by atoms with Crippen LogP contribution in [-0.2, 0) is 9.59 Å². The number of halogens is 5. The van der Waals surface area contributed by atoms with Crippen molar-refractivity contribution in [3.8, 4) is 5.75 Å². The minimum Gasteiger partial charge on any atom is -0.484 e. The Morgan fingerprint density at radius 2 is 1.81 bits per heavy atom. The average Bonchev–Trinajstić information content (AvgIpc) is 2.35. The predicted octanol–water partition coefficient (Wildman–Crippen LogP) is 1.69. The lowest BCUT2D eigenvalue weighted by molar-refractivity contribution is -0.267. The number of carbonyl (C=O) groups is 2. The summed E-state index contributed by atoms with van der Waals surface area (Å²) in [5, 5.41) is 1.41. The molecule has 1 rings (SSSR count). The lowest BCUT2D eigenvalue weighted by Crippen LogP contribution is -2.47. The van der Waals surface area contributed by atoms with Crippen LogP contribution in [0.4, 0.5) is 27.6 Å². The van der Waals surface area contributed by atoms with E-state index < -0.39 is 30.5 Å². The second kappa shape index (κ2) is 5.94. The Hall–Kier alpha value is -2.39. The van der Waals surface area contributed by atoms with Crippen LogP contribution in [0.2, 0.25) is 0 Å². The summed E-state index contributed by atoms with van der Waals surface area (Å²) < 4.78 is 66.2. The fraction of sp³-hybridized carbons (Fsp3) is 0.273. The van der Waals surface area contributed by atoms with Gasteiger partial charge in [-0.05, 0) is 12.1 Å². The highest BCUT2D eigenvalue weighted by molar-refractivity contribution is 5.96. The minimum atomic E-state index is -6.00. The van der Waals surface area contributed by atoms with E-state index in [1.165, 1.54) is 17.4 Å². The summed E-state index contributed by atoms with van der Waals surface area (Å²) in [5.74, 6) is -8.91. The lowest BCUT2D eigenvalue weighted by Gasteiger charge is -2.18. The Kier molecular flexibility index (Phi) is 4.71. The van der Waals surface area contributed by atoms with Crippen molar-refractivity contribution in [2.45, 2.75) is 12.1 Å². The Bertz CT molecular complexity index is 545. The number of nitrogens with two attached hydrogens (primary N) is 1. The number of carbonyl (C=O) groups excluding carboxylic acids is 2. The molecule has 10 heteroatoms. The zero-order valence-corrected chi connectivity index (χ0v) is 10.2. The van der Waals surface area contributed by atoms with E-state index in [0.29, 0.717) is 0 Å². The van der Waals surface area contributed by atoms with Crippen LogP contribution in [0.1, 0.15) is 0 Å². The molecule has 0 unspecified atom stereocenters. The van der Waals surface area contributed by atoms with Crippen molar-refractivity contribution in [1.29, 1.82) is 0 Å². The molecule has 0 saturated heterocycles. The van der Waals surface area contributed by atoms with E-state index in [1.807, 2.05) is 0 Å². The molecule has 0 heterocycles. The molecule has 0 aliphatic carbocycles. The van der Waals surface area contributed by atoms with Crippen molar-refractivity contribution in [3.63, 3.8) is 0 Å². The summed E-state index contributed by atoms with van der Waals surface area (Å²) in [4.78, 5) is 21.4. The van der Waals surface area contributed by atoms with Gasteiger partial charge in [-0.2, -0.15) is 22.0 Å². The fourth-order valence-corrected chi connectivity index (χ4v) is 1.16. The number of primary amides is 1. The van der Waals surface area contributed by atoms with Gasteiger partial charge in [0, 0.05) is 11.8 Å². The van der Waals surface area contributed by atoms with Crippen LogP contribution in [0, 0.1) is 0 Å². The molecule has 0 fully saturated rings. The Morgan fingerprint density at radius 1 is 1.19 bits per heavy atom. The topological polar surface area (TPSA) is 81.4 Å². The molecule has 3 N–H and O–H groups in total. The first-order valence-electron chi connectivity index (χ1n) is 5.31. The Morgan fingerprint density at radius 3 is 2.33 bits per heavy atom. The molecular formula is C11H9F5N2O3. The number of rotatable bonds is 5. The standard InChI is InChI=1S/C11H9F5N2O3/c12-10(13,11(14,15)16)9(20)18-6-2-1-3-7(4-6)21-5-8(17)19/h1-4H,5H2,(H2,17,19)(H,18,20). The number of nitrogens with one attached hydrogen (secondary N) is 1. The molecule has 0 saturated carbocycles. The molecule has 116 valence electrons. The van der Waals surface area contributed by atoms with Gasteiger partial charge in [0.1, 0.15) is 5.75 Å². The maximum absolute atomic E-state index is 12.7. The molecular weight excluding hydrogens is 303 g/mol. The van der Waals surface area contributed by atoms with Crippen LogP contribution in [0.25, 0.3) is 0 Å². The first kappa shape index (κ1) is 16.7. The largest absolute Gasteiger partial charge is 0.484 e. The molecule has 0 aromatic heterocycles. The second-order valence-electron chi connectivity index (χ2n) is 3.81. The van der Waals surface area contributed by atoms with Gasteiger partial charge in [0.25, 0.3) is 5.91 Å². The van der Waals surface area contributed by atoms with E-state index in [1.54, 1.807) is 0 Å². The number of anilines is 1. The number of hydrogen-bond donors (Lipinski definition) is 2. The smallest absolute Gasteiger partial charge is 0.463 e. The lowest BCUT2D eigenvalue weighted by atomic mass is 10.2. The SMILES string of the molecule is NC(=O)COc1cccc(NC(=O)C(F)(F)C(F)(F)F)c1. The number of ether oxygens (including phenoxy) is 1. The third kappa shape index (κ3) is 4.29. The third-order valence-electron chi connectivity index (χ3n) is 2.11. The van der Waals surface area contributed by atoms with Crippen molar-refractivity contribution in [2.75, 3.05) is 11.9 Å². The zero-order chi connectivity index (χ0) is 16.3. The van der Waals surface area contributed by atoms with E-state index in [9.17, 15) is 31.5 Å². The fourth-order valence-electron chi connectivity index (χ4n) is 1.16. The van der Waals surface area contributed by atoms with Crippen molar-refractivity contribution in [2.24, 2.45) is 5.73 Å². The summed E-state index contributed by atoms with van der Waals surface area (Å²) in [6.45, 7) is -0.518. The van der Waals surface area contributed by atoms with E-state index in [2.05, 4.69) is 0 Å². The van der Waals surface area contributed by atoms with Crippen LogP contribution in [0.15, 0.2) is 24.3 Å². The number of hydrogen-bond acceptors (Lipinski definition) is 3. The highest BCUT2D eigenvalue weighted by Crippen LogP contribution is 2.36. The van der Waals surface area contributed by atoms with Gasteiger partial charge in [-0.25, -0.2) is 0 Å². The average molecular weight is 312 g/mol. The zero-order valence-electron chi connectivity index (χ0n) is 10.2. The first-order valence-corrected chi connectivity index (χ1v) is 5.31. The first-order chi connectivity index (χ1) is 9.54. The highest BCUT2D eigenvalue weighted by Gasteiger charge is 2.63. The minimum absolute atomic E-state index is 0.0399. The number of benzene rings is 1. The van der Waals surface area contributed by atoms with E-state index in [0.717, 1.165) is 12.1 Å². The maximum atomic E-state index is 12.7. The van der Waals surface area contributed by atoms with Gasteiger partial charge in [-0.3, -0.25) is 9.59 Å². The second-order valence-corrected chi connectivity index (χ2v) is 3.81. The van der Waals surface area contributed by atoms with Gasteiger partial charge in [-0.15, -0.1) is 0 Å². The van der Waals surface area contributed by atoms with Crippen LogP contribution in [0.5, 0.6) is 5.75 Å². The van der Waals surface area contributed by atoms with Crippen molar-refractivity contribution in [3.05, 3.63) is 24.3 Å². The summed E-state index contributed by atoms with van der Waals surface area (Å²) >= 11 is 0. The van der Waals surface area contributed by atoms with Gasteiger partial charge in [0.2, 0.25) is 0 Å². The van der Waals surface area contributed by atoms with Crippen LogP contribution in [-0.4, -0.2) is 30.5 Å². The third-order valence-corrected chi connectivity index (χ3v) is 2.11. The summed E-state index contributed by atoms with van der Waals surface area (Å²) in [6.07, 6.45) is -6.00. The molecule has 0 spiro atoms. The molecule has 2 amide bonds. The van der Waals surface area contributed by atoms with Crippen molar-refractivity contribution < 1.29 is 36.3 Å². The summed E-state index contributed by atoms with van der Waals surface area (Å²) in [6, 6.07) is 4.55. The van der Waals surface area contributed by atoms with Gasteiger partial charge in [0.05, 0.1) is 0 Å². The molecule has 0 radical (unpaired) electrons. The van der Waals surface area contributed by atoms with Gasteiger partial charge in [0.15, 0.2) is 6.61 Å². The van der Waals surface area contributed by atoms with Gasteiger partial charge in [-0.1, -0.05) is 6.07 Å². The normalized spacial score (nSPS) is 11.9. The predicted molar refractivity (Wildman–Crippen MR) is 60.8 cm³/mol. The molecule has 5 nitrogen and oxygen atoms in total. The Balaban J connectivity index is 2.82. The van der Waals surface area contributed by atoms with Crippen LogP contribution < -0.4 is 15.8 Å². The molecule has 0 aliphatic rings. The monoisotopic (exact) mass is 312 g/mol. The highest BCUT2D eigenvalue weighted by atomic mass is 19.4. The molecule has 0 bridgehead atoms. The number of alkyl halides is 5. The van der Waals surface area contributed by atoms with Gasteiger partial charge >= 0.3 is 18.0 Å². The Labute approximate surface area is 114 Å². The van der Waals surface area contributed by atoms with Crippen molar-refractivity contribution >= 4 is 17.5 Å². The molecule has 1 aromatic carbocycles. The quantitative estimate of drug-likeness (QED) is 0.812.